The number of carboxylic acid groups (broad SMARTS) is 1. The molecule has 1 aromatic carbocycles. The Kier molecular flexibility index (Phi) is 7.16. The number of carbonyl (C=O) groups is 1. The summed E-state index contributed by atoms with van der Waals surface area (Å²) in [7, 11) is 0. The average molecular weight is 341 g/mol. The van der Waals surface area contributed by atoms with Crippen LogP contribution in [0.25, 0.3) is 5.57 Å². The van der Waals surface area contributed by atoms with Gasteiger partial charge in [0.1, 0.15) is 12.4 Å². The zero-order valence-corrected chi connectivity index (χ0v) is 14.5. The van der Waals surface area contributed by atoms with E-state index in [1.54, 1.807) is 13.1 Å². The molecule has 0 radical (unpaired) electrons. The van der Waals surface area contributed by atoms with Gasteiger partial charge in [-0.05, 0) is 55.3 Å². The average Bonchev–Trinajstić information content (AvgIpc) is 2.63. The van der Waals surface area contributed by atoms with Crippen LogP contribution in [0.3, 0.4) is 0 Å². The van der Waals surface area contributed by atoms with E-state index in [0.29, 0.717) is 19.6 Å². The highest BCUT2D eigenvalue weighted by molar-refractivity contribution is 5.72. The maximum Gasteiger partial charge on any atom is 0.333 e. The number of pyridine rings is 1. The second-order valence-corrected chi connectivity index (χ2v) is 5.54. The van der Waals surface area contributed by atoms with Crippen LogP contribution in [0.1, 0.15) is 25.1 Å². The minimum Gasteiger partial charge on any atom is -0.490 e. The summed E-state index contributed by atoms with van der Waals surface area (Å²) < 4.78 is 10.9. The lowest BCUT2D eigenvalue weighted by molar-refractivity contribution is -0.149. The molecule has 132 valence electrons. The number of benzene rings is 1. The molecule has 1 atom stereocenters. The number of carboxylic acids is 1. The van der Waals surface area contributed by atoms with Crippen LogP contribution in [0.4, 0.5) is 0 Å². The Morgan fingerprint density at radius 3 is 2.60 bits per heavy atom. The third-order valence-electron chi connectivity index (χ3n) is 3.70. The van der Waals surface area contributed by atoms with Crippen molar-refractivity contribution in [2.45, 2.75) is 26.4 Å². The van der Waals surface area contributed by atoms with Crippen LogP contribution < -0.4 is 4.74 Å². The first-order valence-corrected chi connectivity index (χ1v) is 8.24. The molecule has 5 nitrogen and oxygen atoms in total. The van der Waals surface area contributed by atoms with E-state index in [4.69, 9.17) is 14.6 Å². The lowest BCUT2D eigenvalue weighted by Gasteiger charge is -2.12. The van der Waals surface area contributed by atoms with E-state index in [2.05, 4.69) is 4.98 Å². The topological polar surface area (TPSA) is 68.7 Å². The highest BCUT2D eigenvalue weighted by atomic mass is 16.5. The summed E-state index contributed by atoms with van der Waals surface area (Å²) in [6, 6.07) is 13.2. The molecule has 0 bridgehead atoms. The third kappa shape index (κ3) is 6.04. The Hall–Kier alpha value is -2.66. The molecule has 0 aliphatic carbocycles. The number of hydrogen-bond acceptors (Lipinski definition) is 4. The molecule has 0 aliphatic rings. The normalized spacial score (nSPS) is 12.6. The monoisotopic (exact) mass is 341 g/mol. The SMILES string of the molecule is CCO[C@@H](Cc1ccc(OC/C=C(\C)c2ccccn2)cc1)C(=O)O. The van der Waals surface area contributed by atoms with Gasteiger partial charge in [0.15, 0.2) is 6.10 Å². The maximum atomic E-state index is 11.1. The lowest BCUT2D eigenvalue weighted by Crippen LogP contribution is -2.26. The van der Waals surface area contributed by atoms with Crippen LogP contribution in [0, 0.1) is 0 Å². The predicted molar refractivity (Wildman–Crippen MR) is 96.6 cm³/mol. The van der Waals surface area contributed by atoms with Crippen molar-refractivity contribution in [2.24, 2.45) is 0 Å². The smallest absolute Gasteiger partial charge is 0.333 e. The summed E-state index contributed by atoms with van der Waals surface area (Å²) in [5.74, 6) is -0.214. The van der Waals surface area contributed by atoms with Gasteiger partial charge in [-0.3, -0.25) is 4.98 Å². The molecule has 2 aromatic rings. The molecule has 0 aliphatic heterocycles. The molecule has 0 unspecified atom stereocenters. The Morgan fingerprint density at radius 1 is 1.24 bits per heavy atom. The number of allylic oxidation sites excluding steroid dienone is 1. The fourth-order valence-electron chi connectivity index (χ4n) is 2.32. The molecular formula is C20H23NO4. The summed E-state index contributed by atoms with van der Waals surface area (Å²) in [6.45, 7) is 4.60. The van der Waals surface area contributed by atoms with Crippen molar-refractivity contribution in [1.82, 2.24) is 4.98 Å². The van der Waals surface area contributed by atoms with Crippen LogP contribution >= 0.6 is 0 Å². The van der Waals surface area contributed by atoms with Crippen LogP contribution in [0.5, 0.6) is 5.75 Å². The summed E-state index contributed by atoms with van der Waals surface area (Å²) in [5, 5.41) is 9.12. The predicted octanol–water partition coefficient (Wildman–Crippen LogP) is 3.60. The number of aliphatic carboxylic acids is 1. The number of hydrogen-bond donors (Lipinski definition) is 1. The Labute approximate surface area is 147 Å². The van der Waals surface area contributed by atoms with E-state index in [-0.39, 0.29) is 0 Å². The highest BCUT2D eigenvalue weighted by Gasteiger charge is 2.17. The first-order valence-electron chi connectivity index (χ1n) is 8.24. The van der Waals surface area contributed by atoms with E-state index in [1.807, 2.05) is 55.5 Å². The zero-order valence-electron chi connectivity index (χ0n) is 14.5. The quantitative estimate of drug-likeness (QED) is 0.755. The van der Waals surface area contributed by atoms with Crippen LogP contribution in [-0.4, -0.2) is 35.4 Å². The molecule has 0 saturated heterocycles. The van der Waals surface area contributed by atoms with Gasteiger partial charge in [-0.2, -0.15) is 0 Å². The Morgan fingerprint density at radius 2 is 2.00 bits per heavy atom. The summed E-state index contributed by atoms with van der Waals surface area (Å²) >= 11 is 0. The summed E-state index contributed by atoms with van der Waals surface area (Å²) in [5.41, 5.74) is 2.88. The molecule has 1 heterocycles. The van der Waals surface area contributed by atoms with Gasteiger partial charge in [0.2, 0.25) is 0 Å². The van der Waals surface area contributed by atoms with Crippen molar-refractivity contribution >= 4 is 11.5 Å². The molecule has 1 aromatic heterocycles. The number of nitrogens with zero attached hydrogens (tertiary/aromatic N) is 1. The van der Waals surface area contributed by atoms with E-state index < -0.39 is 12.1 Å². The van der Waals surface area contributed by atoms with Gasteiger partial charge in [-0.25, -0.2) is 4.79 Å². The molecular weight excluding hydrogens is 318 g/mol. The van der Waals surface area contributed by atoms with Crippen molar-refractivity contribution in [1.29, 1.82) is 0 Å². The largest absolute Gasteiger partial charge is 0.490 e. The molecule has 25 heavy (non-hydrogen) atoms. The molecule has 5 heteroatoms. The van der Waals surface area contributed by atoms with E-state index >= 15 is 0 Å². The number of rotatable bonds is 9. The van der Waals surface area contributed by atoms with Gasteiger partial charge in [0.25, 0.3) is 0 Å². The minimum absolute atomic E-state index is 0.335. The van der Waals surface area contributed by atoms with Gasteiger partial charge >= 0.3 is 5.97 Å². The van der Waals surface area contributed by atoms with Crippen molar-refractivity contribution in [3.63, 3.8) is 0 Å². The van der Waals surface area contributed by atoms with E-state index in [1.165, 1.54) is 0 Å². The van der Waals surface area contributed by atoms with Crippen molar-refractivity contribution in [2.75, 3.05) is 13.2 Å². The molecule has 0 saturated carbocycles. The van der Waals surface area contributed by atoms with Gasteiger partial charge in [0.05, 0.1) is 5.69 Å². The second kappa shape index (κ2) is 9.59. The van der Waals surface area contributed by atoms with Crippen molar-refractivity contribution in [3.05, 3.63) is 66.0 Å². The first-order chi connectivity index (χ1) is 12.1. The lowest BCUT2D eigenvalue weighted by atomic mass is 10.1. The van der Waals surface area contributed by atoms with Crippen molar-refractivity contribution in [3.8, 4) is 5.75 Å². The third-order valence-corrected chi connectivity index (χ3v) is 3.70. The molecule has 0 fully saturated rings. The highest BCUT2D eigenvalue weighted by Crippen LogP contribution is 2.15. The Balaban J connectivity index is 1.89. The zero-order chi connectivity index (χ0) is 18.1. The molecule has 2 rings (SSSR count). The van der Waals surface area contributed by atoms with Gasteiger partial charge < -0.3 is 14.6 Å². The van der Waals surface area contributed by atoms with Gasteiger partial charge in [-0.15, -0.1) is 0 Å². The summed E-state index contributed by atoms with van der Waals surface area (Å²) in [6.07, 6.45) is 3.26. The molecule has 1 N–H and O–H groups in total. The fraction of sp³-hybridized carbons (Fsp3) is 0.300. The van der Waals surface area contributed by atoms with Crippen molar-refractivity contribution < 1.29 is 19.4 Å². The van der Waals surface area contributed by atoms with Gasteiger partial charge in [-0.1, -0.05) is 18.2 Å². The van der Waals surface area contributed by atoms with Crippen LogP contribution in [0.15, 0.2) is 54.7 Å². The Bertz CT molecular complexity index is 695. The van der Waals surface area contributed by atoms with Crippen LogP contribution in [0.2, 0.25) is 0 Å². The fourth-order valence-corrected chi connectivity index (χ4v) is 2.32. The number of aromatic nitrogens is 1. The standard InChI is InChI=1S/C20H23NO4/c1-3-24-19(20(22)23)14-16-7-9-17(10-8-16)25-13-11-15(2)18-6-4-5-12-21-18/h4-12,19H,3,13-14H2,1-2H3,(H,22,23)/b15-11+/t19-/m0/s1. The van der Waals surface area contributed by atoms with E-state index in [9.17, 15) is 4.79 Å². The minimum atomic E-state index is -0.947. The first kappa shape index (κ1) is 18.7. The van der Waals surface area contributed by atoms with Crippen LogP contribution in [-0.2, 0) is 16.0 Å². The summed E-state index contributed by atoms with van der Waals surface area (Å²) in [4.78, 5) is 15.4. The second-order valence-electron chi connectivity index (χ2n) is 5.54. The van der Waals surface area contributed by atoms with Gasteiger partial charge in [0, 0.05) is 19.2 Å². The molecule has 0 amide bonds. The maximum absolute atomic E-state index is 11.1. The molecule has 0 spiro atoms. The number of ether oxygens (including phenoxy) is 2. The van der Waals surface area contributed by atoms with E-state index in [0.717, 1.165) is 22.6 Å².